The third kappa shape index (κ3) is 4.31. The van der Waals surface area contributed by atoms with Gasteiger partial charge in [0.1, 0.15) is 23.8 Å². The van der Waals surface area contributed by atoms with Crippen LogP contribution in [0.5, 0.6) is 0 Å². The van der Waals surface area contributed by atoms with Crippen LogP contribution in [0.4, 0.5) is 16.0 Å². The number of benzene rings is 1. The quantitative estimate of drug-likeness (QED) is 0.421. The molecule has 1 atom stereocenters. The maximum Gasteiger partial charge on any atom is 0.159 e. The molecule has 0 spiro atoms. The lowest BCUT2D eigenvalue weighted by Gasteiger charge is -2.24. The van der Waals surface area contributed by atoms with Crippen LogP contribution in [0.1, 0.15) is 36.7 Å². The second-order valence-electron chi connectivity index (χ2n) is 9.34. The Hall–Kier alpha value is -3.59. The first-order valence-electron chi connectivity index (χ1n) is 11.4. The molecule has 3 heterocycles. The predicted molar refractivity (Wildman–Crippen MR) is 128 cm³/mol. The van der Waals surface area contributed by atoms with Gasteiger partial charge in [-0.25, -0.2) is 23.7 Å². The Balaban J connectivity index is 1.54. The van der Waals surface area contributed by atoms with E-state index < -0.39 is 5.60 Å². The molecule has 1 saturated carbocycles. The first-order valence-corrected chi connectivity index (χ1v) is 11.4. The highest BCUT2D eigenvalue weighted by atomic mass is 19.1. The van der Waals surface area contributed by atoms with Crippen LogP contribution in [0.15, 0.2) is 42.7 Å². The Morgan fingerprint density at radius 1 is 1.09 bits per heavy atom. The van der Waals surface area contributed by atoms with Gasteiger partial charge in [-0.3, -0.25) is 0 Å². The summed E-state index contributed by atoms with van der Waals surface area (Å²) in [5, 5.41) is 23.8. The largest absolute Gasteiger partial charge is 0.388 e. The van der Waals surface area contributed by atoms with E-state index in [0.717, 1.165) is 46.9 Å². The number of nitrogens with zero attached hydrogens (tertiary/aromatic N) is 6. The Kier molecular flexibility index (Phi) is 5.44. The van der Waals surface area contributed by atoms with Gasteiger partial charge in [0.05, 0.1) is 23.5 Å². The van der Waals surface area contributed by atoms with Gasteiger partial charge in [0.2, 0.25) is 0 Å². The molecule has 1 aliphatic carbocycles. The summed E-state index contributed by atoms with van der Waals surface area (Å²) in [6, 6.07) is 10.1. The average molecular weight is 462 g/mol. The molecule has 0 bridgehead atoms. The summed E-state index contributed by atoms with van der Waals surface area (Å²) in [5.74, 6) is 1.91. The third-order valence-corrected chi connectivity index (χ3v) is 6.36. The van der Waals surface area contributed by atoms with E-state index in [4.69, 9.17) is 5.10 Å². The van der Waals surface area contributed by atoms with Crippen molar-refractivity contribution in [1.82, 2.24) is 29.5 Å². The molecule has 1 aromatic carbocycles. The molecule has 0 amide bonds. The highest BCUT2D eigenvalue weighted by Gasteiger charge is 2.41. The van der Waals surface area contributed by atoms with E-state index in [2.05, 4.69) is 20.4 Å². The molecule has 2 N–H and O–H groups in total. The molecule has 176 valence electrons. The number of aromatic nitrogens is 6. The lowest BCUT2D eigenvalue weighted by atomic mass is 10.0. The van der Waals surface area contributed by atoms with Crippen molar-refractivity contribution in [3.63, 3.8) is 0 Å². The van der Waals surface area contributed by atoms with Gasteiger partial charge >= 0.3 is 0 Å². The minimum atomic E-state index is -0.879. The van der Waals surface area contributed by atoms with Crippen molar-refractivity contribution in [1.29, 1.82) is 0 Å². The van der Waals surface area contributed by atoms with E-state index in [1.165, 1.54) is 18.5 Å². The lowest BCUT2D eigenvalue weighted by molar-refractivity contribution is 0.0168. The fourth-order valence-electron chi connectivity index (χ4n) is 4.36. The van der Waals surface area contributed by atoms with Crippen molar-refractivity contribution < 1.29 is 9.50 Å². The van der Waals surface area contributed by atoms with E-state index in [0.29, 0.717) is 18.2 Å². The number of aryl methyl sites for hydroxylation is 2. The number of rotatable bonds is 7. The average Bonchev–Trinajstić information content (AvgIpc) is 3.55. The monoisotopic (exact) mass is 461 g/mol. The fraction of sp³-hybridized carbons (Fsp3) is 0.360. The van der Waals surface area contributed by atoms with Crippen molar-refractivity contribution in [3.8, 4) is 17.1 Å². The molecule has 8 nitrogen and oxygen atoms in total. The van der Waals surface area contributed by atoms with Gasteiger partial charge in [0, 0.05) is 22.9 Å². The topological polar surface area (TPSA) is 93.7 Å². The summed E-state index contributed by atoms with van der Waals surface area (Å²) >= 11 is 0. The number of hydrogen-bond acceptors (Lipinski definition) is 6. The highest BCUT2D eigenvalue weighted by Crippen LogP contribution is 2.41. The van der Waals surface area contributed by atoms with E-state index in [-0.39, 0.29) is 11.7 Å². The first kappa shape index (κ1) is 22.2. The molecular formula is C25H28FN7O. The molecule has 34 heavy (non-hydrogen) atoms. The van der Waals surface area contributed by atoms with Crippen molar-refractivity contribution in [2.75, 3.05) is 5.32 Å². The summed E-state index contributed by atoms with van der Waals surface area (Å²) in [7, 11) is 0. The van der Waals surface area contributed by atoms with Crippen LogP contribution < -0.4 is 5.32 Å². The van der Waals surface area contributed by atoms with Crippen molar-refractivity contribution in [2.24, 2.45) is 5.92 Å². The number of nitrogens with one attached hydrogen (secondary N) is 1. The van der Waals surface area contributed by atoms with E-state index in [1.54, 1.807) is 21.5 Å². The Morgan fingerprint density at radius 2 is 1.82 bits per heavy atom. The molecule has 1 aliphatic rings. The van der Waals surface area contributed by atoms with Crippen LogP contribution in [-0.2, 0) is 6.54 Å². The minimum absolute atomic E-state index is 0.260. The maximum atomic E-state index is 13.5. The van der Waals surface area contributed by atoms with Gasteiger partial charge in [0.15, 0.2) is 5.82 Å². The zero-order valence-electron chi connectivity index (χ0n) is 19.7. The van der Waals surface area contributed by atoms with Crippen LogP contribution >= 0.6 is 0 Å². The van der Waals surface area contributed by atoms with Crippen LogP contribution in [0.25, 0.3) is 17.1 Å². The minimum Gasteiger partial charge on any atom is -0.388 e. The first-order chi connectivity index (χ1) is 16.2. The Labute approximate surface area is 197 Å². The number of aliphatic hydroxyl groups is 1. The Bertz CT molecular complexity index is 1340. The summed E-state index contributed by atoms with van der Waals surface area (Å²) in [6.07, 6.45) is 3.52. The standard InChI is InChI=1S/C25H28FN7O/c1-15-11-16(2)33(30-15)22-12-21(27-14-28-22)29-24-17(3)23(18-5-9-20(26)10-6-18)31-32(24)13-25(4,34)19-7-8-19/h5-6,9-12,14,19,34H,7-8,13H2,1-4H3,(H,27,28,29). The summed E-state index contributed by atoms with van der Waals surface area (Å²) in [6.45, 7) is 8.06. The van der Waals surface area contributed by atoms with Gasteiger partial charge in [-0.1, -0.05) is 0 Å². The predicted octanol–water partition coefficient (Wildman–Crippen LogP) is 4.49. The normalized spacial score (nSPS) is 15.4. The smallest absolute Gasteiger partial charge is 0.159 e. The van der Waals surface area contributed by atoms with Crippen LogP contribution in [0.3, 0.4) is 0 Å². The van der Waals surface area contributed by atoms with Crippen molar-refractivity contribution in [3.05, 3.63) is 65.5 Å². The number of halogens is 1. The second-order valence-corrected chi connectivity index (χ2v) is 9.34. The van der Waals surface area contributed by atoms with Gasteiger partial charge in [0.25, 0.3) is 0 Å². The SMILES string of the molecule is Cc1cc(C)n(-c2cc(Nc3c(C)c(-c4ccc(F)cc4)nn3CC(C)(O)C3CC3)ncn2)n1. The van der Waals surface area contributed by atoms with Gasteiger partial charge in [-0.15, -0.1) is 0 Å². The van der Waals surface area contributed by atoms with E-state index in [1.807, 2.05) is 39.8 Å². The van der Waals surface area contributed by atoms with Crippen molar-refractivity contribution in [2.45, 2.75) is 52.7 Å². The van der Waals surface area contributed by atoms with E-state index >= 15 is 0 Å². The molecule has 0 aliphatic heterocycles. The molecule has 0 radical (unpaired) electrons. The molecule has 0 saturated heterocycles. The number of anilines is 2. The molecule has 1 fully saturated rings. The van der Waals surface area contributed by atoms with Crippen LogP contribution in [0, 0.1) is 32.5 Å². The zero-order chi connectivity index (χ0) is 24.0. The molecule has 5 rings (SSSR count). The van der Waals surface area contributed by atoms with Crippen LogP contribution in [0.2, 0.25) is 0 Å². The molecule has 3 aromatic heterocycles. The molecule has 4 aromatic rings. The van der Waals surface area contributed by atoms with Crippen LogP contribution in [-0.4, -0.2) is 40.2 Å². The molecule has 1 unspecified atom stereocenters. The fourth-order valence-corrected chi connectivity index (χ4v) is 4.36. The van der Waals surface area contributed by atoms with Gasteiger partial charge < -0.3 is 10.4 Å². The maximum absolute atomic E-state index is 13.5. The Morgan fingerprint density at radius 3 is 2.47 bits per heavy atom. The second kappa shape index (κ2) is 8.32. The number of hydrogen-bond donors (Lipinski definition) is 2. The molecular weight excluding hydrogens is 433 g/mol. The molecule has 9 heteroatoms. The van der Waals surface area contributed by atoms with Gasteiger partial charge in [-0.2, -0.15) is 10.2 Å². The lowest BCUT2D eigenvalue weighted by Crippen LogP contribution is -2.33. The highest BCUT2D eigenvalue weighted by molar-refractivity contribution is 5.71. The summed E-state index contributed by atoms with van der Waals surface area (Å²) < 4.78 is 17.1. The van der Waals surface area contributed by atoms with Crippen molar-refractivity contribution >= 4 is 11.6 Å². The summed E-state index contributed by atoms with van der Waals surface area (Å²) in [4.78, 5) is 8.77. The zero-order valence-corrected chi connectivity index (χ0v) is 19.7. The van der Waals surface area contributed by atoms with E-state index in [9.17, 15) is 9.50 Å². The summed E-state index contributed by atoms with van der Waals surface area (Å²) in [5.41, 5.74) is 3.41. The van der Waals surface area contributed by atoms with Gasteiger partial charge in [-0.05, 0) is 76.8 Å². The third-order valence-electron chi connectivity index (χ3n) is 6.36.